The molecule has 0 saturated heterocycles. The molecule has 64 heavy (non-hydrogen) atoms. The molecule has 12 rings (SSSR count). The minimum Gasteiger partial charge on any atom is -0.367 e. The van der Waals surface area contributed by atoms with E-state index in [2.05, 4.69) is 161 Å². The number of aryl methyl sites for hydroxylation is 1. The van der Waals surface area contributed by atoms with Gasteiger partial charge in [0.2, 0.25) is 0 Å². The SMILES string of the molecule is Cn1c(-c2[c-]c(C(F)c3[c-]c(-n4c5ccccc5c5c6c(cnc54)N(c4ccccc4)c4ccccc4C6(c4ccccc4)c4ccccc4)ccc3)ccc2)nc2ccccc21.[Pd+2]. The van der Waals surface area contributed by atoms with Crippen molar-refractivity contribution in [3.8, 4) is 17.1 Å². The van der Waals surface area contributed by atoms with Crippen LogP contribution < -0.4 is 4.90 Å². The Hall–Kier alpha value is -7.43. The van der Waals surface area contributed by atoms with Crippen molar-refractivity contribution >= 4 is 50.0 Å². The maximum atomic E-state index is 17.0. The van der Waals surface area contributed by atoms with Gasteiger partial charge in [0.05, 0.1) is 45.4 Å². The van der Waals surface area contributed by atoms with Gasteiger partial charge in [0.1, 0.15) is 11.8 Å². The fraction of sp³-hybridized carbons (Fsp3) is 0.0526. The molecule has 3 aromatic heterocycles. The van der Waals surface area contributed by atoms with E-state index in [-0.39, 0.29) is 20.4 Å². The molecule has 1 aliphatic heterocycles. The molecule has 0 fully saturated rings. The number of para-hydroxylation sites is 5. The van der Waals surface area contributed by atoms with E-state index in [4.69, 9.17) is 9.97 Å². The van der Waals surface area contributed by atoms with Crippen LogP contribution in [-0.2, 0) is 32.9 Å². The zero-order chi connectivity index (χ0) is 42.1. The smallest absolute Gasteiger partial charge is 0.367 e. The van der Waals surface area contributed by atoms with Crippen molar-refractivity contribution in [1.29, 1.82) is 0 Å². The van der Waals surface area contributed by atoms with Gasteiger partial charge in [0.25, 0.3) is 0 Å². The molecule has 0 spiro atoms. The minimum absolute atomic E-state index is 0. The summed E-state index contributed by atoms with van der Waals surface area (Å²) in [6, 6.07) is 75.7. The third-order valence-corrected chi connectivity index (χ3v) is 12.7. The van der Waals surface area contributed by atoms with Crippen LogP contribution in [0.3, 0.4) is 0 Å². The van der Waals surface area contributed by atoms with Crippen molar-refractivity contribution in [1.82, 2.24) is 19.1 Å². The van der Waals surface area contributed by atoms with Crippen LogP contribution in [0.15, 0.2) is 206 Å². The number of benzene rings is 8. The second kappa shape index (κ2) is 15.7. The Morgan fingerprint density at radius 2 is 1.19 bits per heavy atom. The van der Waals surface area contributed by atoms with Crippen LogP contribution in [0.5, 0.6) is 0 Å². The van der Waals surface area contributed by atoms with Crippen molar-refractivity contribution in [2.75, 3.05) is 4.90 Å². The quantitative estimate of drug-likeness (QED) is 0.118. The number of halogens is 1. The molecule has 0 bridgehead atoms. The van der Waals surface area contributed by atoms with Crippen LogP contribution in [0.2, 0.25) is 0 Å². The van der Waals surface area contributed by atoms with E-state index in [1.807, 2.05) is 66.3 Å². The number of anilines is 3. The van der Waals surface area contributed by atoms with Crippen LogP contribution in [0.4, 0.5) is 21.5 Å². The monoisotopic (exact) mass is 917 g/mol. The molecular weight excluding hydrogens is 880 g/mol. The normalized spacial score (nSPS) is 13.4. The van der Waals surface area contributed by atoms with Crippen LogP contribution in [0.25, 0.3) is 50.0 Å². The average molecular weight is 918 g/mol. The topological polar surface area (TPSA) is 38.9 Å². The van der Waals surface area contributed by atoms with Gasteiger partial charge in [0.15, 0.2) is 0 Å². The number of alkyl halides is 1. The van der Waals surface area contributed by atoms with Crippen LogP contribution in [0.1, 0.15) is 39.6 Å². The predicted octanol–water partition coefficient (Wildman–Crippen LogP) is 13.6. The molecule has 0 amide bonds. The van der Waals surface area contributed by atoms with Crippen molar-refractivity contribution in [3.63, 3.8) is 0 Å². The number of pyridine rings is 1. The number of aromatic nitrogens is 4. The van der Waals surface area contributed by atoms with Crippen molar-refractivity contribution in [3.05, 3.63) is 252 Å². The zero-order valence-corrected chi connectivity index (χ0v) is 36.2. The standard InChI is InChI=1S/C57H38FN5.Pd/c1-61-50-34-16-13-31-47(50)60-55(61)40-21-17-19-38(35-40)54(58)39-20-18-28-44(36-39)63-48-32-14-11-29-45(48)52-53-51(37-59-56(52)63)62(43-26-9-4-10-27-43)49-33-15-12-30-46(49)57(53,41-22-5-2-6-23-41)42-24-7-3-8-25-42;/h2-34,37,54H,1H3;/q-2;+2. The second-order valence-corrected chi connectivity index (χ2v) is 16.1. The second-order valence-electron chi connectivity index (χ2n) is 16.1. The largest absolute Gasteiger partial charge is 2.00 e. The number of hydrogen-bond acceptors (Lipinski definition) is 3. The van der Waals surface area contributed by atoms with Gasteiger partial charge in [-0.25, -0.2) is 9.37 Å². The molecule has 0 N–H and O–H groups in total. The Kier molecular flexibility index (Phi) is 9.69. The number of imidazole rings is 1. The Balaban J connectivity index is 0.00000456. The van der Waals surface area contributed by atoms with Gasteiger partial charge in [-0.2, -0.15) is 18.2 Å². The van der Waals surface area contributed by atoms with Crippen molar-refractivity contribution in [2.45, 2.75) is 11.6 Å². The van der Waals surface area contributed by atoms with E-state index < -0.39 is 11.6 Å². The zero-order valence-electron chi connectivity index (χ0n) is 34.6. The molecule has 8 aromatic carbocycles. The molecule has 1 aliphatic rings. The first-order valence-electron chi connectivity index (χ1n) is 21.2. The van der Waals surface area contributed by atoms with E-state index in [0.717, 1.165) is 83.7 Å². The fourth-order valence-electron chi connectivity index (χ4n) is 10.0. The maximum absolute atomic E-state index is 17.0. The van der Waals surface area contributed by atoms with E-state index >= 15 is 4.39 Å². The molecule has 0 radical (unpaired) electrons. The van der Waals surface area contributed by atoms with Gasteiger partial charge < -0.3 is 14.0 Å². The Labute approximate surface area is 384 Å². The molecule has 5 nitrogen and oxygen atoms in total. The number of hydrogen-bond donors (Lipinski definition) is 0. The summed E-state index contributed by atoms with van der Waals surface area (Å²) in [6.45, 7) is 0. The first-order chi connectivity index (χ1) is 31.1. The van der Waals surface area contributed by atoms with E-state index in [1.165, 1.54) is 0 Å². The molecule has 1 unspecified atom stereocenters. The van der Waals surface area contributed by atoms with Gasteiger partial charge in [0, 0.05) is 29.1 Å². The fourth-order valence-corrected chi connectivity index (χ4v) is 10.0. The molecule has 308 valence electrons. The summed E-state index contributed by atoms with van der Waals surface area (Å²) in [6.07, 6.45) is 0.535. The Morgan fingerprint density at radius 1 is 0.578 bits per heavy atom. The third-order valence-electron chi connectivity index (χ3n) is 12.7. The summed E-state index contributed by atoms with van der Waals surface area (Å²) in [5.74, 6) is 0.734. The third kappa shape index (κ3) is 5.93. The number of nitrogens with zero attached hydrogens (tertiary/aromatic N) is 5. The number of rotatable bonds is 7. The molecular formula is C57H38FN5Pd. The minimum atomic E-state index is -1.49. The van der Waals surface area contributed by atoms with Gasteiger partial charge in [-0.3, -0.25) is 4.98 Å². The summed E-state index contributed by atoms with van der Waals surface area (Å²) >= 11 is 0. The first kappa shape index (κ1) is 39.4. The van der Waals surface area contributed by atoms with Crippen LogP contribution in [0, 0.1) is 12.1 Å². The summed E-state index contributed by atoms with van der Waals surface area (Å²) in [5, 5.41) is 2.06. The molecule has 1 atom stereocenters. The van der Waals surface area contributed by atoms with E-state index in [9.17, 15) is 0 Å². The van der Waals surface area contributed by atoms with E-state index in [1.54, 1.807) is 12.1 Å². The van der Waals surface area contributed by atoms with Gasteiger partial charge in [-0.1, -0.05) is 139 Å². The summed E-state index contributed by atoms with van der Waals surface area (Å²) in [7, 11) is 1.98. The number of fused-ring (bicyclic) bond motifs is 7. The van der Waals surface area contributed by atoms with Crippen LogP contribution >= 0.6 is 0 Å². The van der Waals surface area contributed by atoms with Gasteiger partial charge in [-0.15, -0.1) is 41.5 Å². The van der Waals surface area contributed by atoms with E-state index in [0.29, 0.717) is 16.8 Å². The molecule has 4 heterocycles. The van der Waals surface area contributed by atoms with Gasteiger partial charge >= 0.3 is 20.4 Å². The Morgan fingerprint density at radius 3 is 1.92 bits per heavy atom. The molecule has 11 aromatic rings. The first-order valence-corrected chi connectivity index (χ1v) is 21.2. The van der Waals surface area contributed by atoms with Crippen molar-refractivity contribution in [2.24, 2.45) is 7.05 Å². The average Bonchev–Trinajstić information content (AvgIpc) is 3.88. The van der Waals surface area contributed by atoms with Crippen molar-refractivity contribution < 1.29 is 24.8 Å². The summed E-state index contributed by atoms with van der Waals surface area (Å²) < 4.78 is 21.2. The molecule has 0 aliphatic carbocycles. The van der Waals surface area contributed by atoms with Crippen LogP contribution in [-0.4, -0.2) is 19.1 Å². The molecule has 0 saturated carbocycles. The summed E-state index contributed by atoms with van der Waals surface area (Å²) in [4.78, 5) is 12.6. The summed E-state index contributed by atoms with van der Waals surface area (Å²) in [5.41, 5.74) is 12.8. The predicted molar refractivity (Wildman–Crippen MR) is 252 cm³/mol. The molecule has 7 heteroatoms. The Bertz CT molecular complexity index is 3470. The maximum Gasteiger partial charge on any atom is 2.00 e. The van der Waals surface area contributed by atoms with Gasteiger partial charge in [-0.05, 0) is 53.1 Å².